The lowest BCUT2D eigenvalue weighted by atomic mass is 10.2. The molecule has 1 N–H and O–H groups in total. The molecule has 0 aliphatic heterocycles. The molecule has 0 unspecified atom stereocenters. The fourth-order valence-electron chi connectivity index (χ4n) is 2.00. The summed E-state index contributed by atoms with van der Waals surface area (Å²) in [5, 5.41) is 0. The van der Waals surface area contributed by atoms with Crippen molar-refractivity contribution in [1.29, 1.82) is 0 Å². The van der Waals surface area contributed by atoms with Gasteiger partial charge in [-0.15, -0.1) is 0 Å². The molecule has 0 amide bonds. The number of alkyl halides is 3. The zero-order chi connectivity index (χ0) is 18.8. The largest absolute Gasteiger partial charge is 0.493 e. The molecule has 0 heterocycles. The Morgan fingerprint density at radius 2 is 1.60 bits per heavy atom. The van der Waals surface area contributed by atoms with Gasteiger partial charge in [-0.3, -0.25) is 4.72 Å². The number of methoxy groups -OCH3 is 2. The van der Waals surface area contributed by atoms with Crippen LogP contribution in [0, 0.1) is 5.82 Å². The molecule has 25 heavy (non-hydrogen) atoms. The molecular formula is C15H13F4NO4S. The highest BCUT2D eigenvalue weighted by molar-refractivity contribution is 7.92. The van der Waals surface area contributed by atoms with Gasteiger partial charge < -0.3 is 9.47 Å². The van der Waals surface area contributed by atoms with Crippen molar-refractivity contribution in [1.82, 2.24) is 0 Å². The van der Waals surface area contributed by atoms with Gasteiger partial charge in [-0.2, -0.15) is 13.2 Å². The van der Waals surface area contributed by atoms with Gasteiger partial charge in [0, 0.05) is 11.8 Å². The minimum absolute atomic E-state index is 0.125. The molecule has 2 rings (SSSR count). The highest BCUT2D eigenvalue weighted by Gasteiger charge is 2.34. The van der Waals surface area contributed by atoms with Crippen molar-refractivity contribution in [2.45, 2.75) is 11.1 Å². The molecular weight excluding hydrogens is 366 g/mol. The summed E-state index contributed by atoms with van der Waals surface area (Å²) in [6.07, 6.45) is -4.95. The summed E-state index contributed by atoms with van der Waals surface area (Å²) in [5.74, 6) is -1.09. The fraction of sp³-hybridized carbons (Fsp3) is 0.200. The van der Waals surface area contributed by atoms with Crippen LogP contribution in [-0.4, -0.2) is 22.6 Å². The van der Waals surface area contributed by atoms with Gasteiger partial charge in [0.2, 0.25) is 0 Å². The number of hydrogen-bond donors (Lipinski definition) is 1. The van der Waals surface area contributed by atoms with Crippen molar-refractivity contribution in [2.24, 2.45) is 0 Å². The lowest BCUT2D eigenvalue weighted by Crippen LogP contribution is -2.15. The van der Waals surface area contributed by atoms with Gasteiger partial charge in [-0.05, 0) is 30.3 Å². The molecule has 0 aliphatic carbocycles. The smallest absolute Gasteiger partial charge is 0.419 e. The topological polar surface area (TPSA) is 64.6 Å². The van der Waals surface area contributed by atoms with Gasteiger partial charge in [-0.1, -0.05) is 0 Å². The van der Waals surface area contributed by atoms with Gasteiger partial charge in [0.05, 0.1) is 24.7 Å². The maximum Gasteiger partial charge on any atom is 0.419 e. The first-order valence-corrected chi connectivity index (χ1v) is 8.18. The van der Waals surface area contributed by atoms with Crippen molar-refractivity contribution in [3.8, 4) is 11.5 Å². The zero-order valence-corrected chi connectivity index (χ0v) is 13.8. The summed E-state index contributed by atoms with van der Waals surface area (Å²) < 4.78 is 88.0. The second-order valence-corrected chi connectivity index (χ2v) is 6.50. The third-order valence-corrected chi connectivity index (χ3v) is 4.57. The number of rotatable bonds is 5. The van der Waals surface area contributed by atoms with Crippen LogP contribution >= 0.6 is 0 Å². The number of benzene rings is 2. The van der Waals surface area contributed by atoms with E-state index in [1.807, 2.05) is 4.72 Å². The SMILES string of the molecule is COc1ccc(S(=O)(=O)Nc2ccc(F)c(C(F)(F)F)c2)cc1OC. The highest BCUT2D eigenvalue weighted by atomic mass is 32.2. The minimum Gasteiger partial charge on any atom is -0.493 e. The molecule has 0 saturated heterocycles. The maximum absolute atomic E-state index is 13.3. The minimum atomic E-state index is -4.95. The summed E-state index contributed by atoms with van der Waals surface area (Å²) in [6, 6.07) is 5.48. The molecule has 0 saturated carbocycles. The van der Waals surface area contributed by atoms with E-state index in [1.54, 1.807) is 0 Å². The zero-order valence-electron chi connectivity index (χ0n) is 13.0. The first kappa shape index (κ1) is 18.8. The van der Waals surface area contributed by atoms with Crippen LogP contribution in [0.15, 0.2) is 41.3 Å². The summed E-state index contributed by atoms with van der Waals surface area (Å²) in [4.78, 5) is -0.261. The van der Waals surface area contributed by atoms with Crippen molar-refractivity contribution >= 4 is 15.7 Å². The van der Waals surface area contributed by atoms with Crippen LogP contribution in [0.4, 0.5) is 23.2 Å². The molecule has 0 aliphatic rings. The first-order chi connectivity index (χ1) is 11.6. The van der Waals surface area contributed by atoms with Crippen LogP contribution in [0.25, 0.3) is 0 Å². The van der Waals surface area contributed by atoms with Gasteiger partial charge in [0.25, 0.3) is 10.0 Å². The quantitative estimate of drug-likeness (QED) is 0.806. The molecule has 2 aromatic rings. The molecule has 0 atom stereocenters. The Kier molecular flexibility index (Phi) is 5.12. The van der Waals surface area contributed by atoms with E-state index in [-0.39, 0.29) is 16.4 Å². The van der Waals surface area contributed by atoms with E-state index in [0.29, 0.717) is 12.1 Å². The number of sulfonamides is 1. The van der Waals surface area contributed by atoms with E-state index in [9.17, 15) is 26.0 Å². The fourth-order valence-corrected chi connectivity index (χ4v) is 3.07. The Bertz CT molecular complexity index is 882. The summed E-state index contributed by atoms with van der Waals surface area (Å²) >= 11 is 0. The lowest BCUT2D eigenvalue weighted by molar-refractivity contribution is -0.139. The molecule has 2 aromatic carbocycles. The van der Waals surface area contributed by atoms with E-state index < -0.39 is 33.3 Å². The van der Waals surface area contributed by atoms with Crippen LogP contribution in [0.1, 0.15) is 5.56 Å². The monoisotopic (exact) mass is 379 g/mol. The van der Waals surface area contributed by atoms with Gasteiger partial charge >= 0.3 is 6.18 Å². The van der Waals surface area contributed by atoms with Crippen LogP contribution in [0.2, 0.25) is 0 Å². The second-order valence-electron chi connectivity index (χ2n) is 4.81. The van der Waals surface area contributed by atoms with Crippen LogP contribution in [0.5, 0.6) is 11.5 Å². The first-order valence-electron chi connectivity index (χ1n) is 6.70. The summed E-state index contributed by atoms with van der Waals surface area (Å²) in [7, 11) is -1.56. The predicted molar refractivity (Wildman–Crippen MR) is 81.8 cm³/mol. The normalized spacial score (nSPS) is 11.9. The molecule has 0 radical (unpaired) electrons. The third-order valence-electron chi connectivity index (χ3n) is 3.19. The van der Waals surface area contributed by atoms with E-state index in [4.69, 9.17) is 9.47 Å². The van der Waals surface area contributed by atoms with Crippen molar-refractivity contribution < 1.29 is 35.5 Å². The Morgan fingerprint density at radius 1 is 0.960 bits per heavy atom. The van der Waals surface area contributed by atoms with Crippen molar-refractivity contribution in [2.75, 3.05) is 18.9 Å². The highest BCUT2D eigenvalue weighted by Crippen LogP contribution is 2.34. The molecule has 5 nitrogen and oxygen atoms in total. The Hall–Kier alpha value is -2.49. The maximum atomic E-state index is 13.3. The van der Waals surface area contributed by atoms with Gasteiger partial charge in [0.15, 0.2) is 11.5 Å². The van der Waals surface area contributed by atoms with Crippen molar-refractivity contribution in [3.05, 3.63) is 47.8 Å². The standard InChI is InChI=1S/C15H13F4NO4S/c1-23-13-6-4-10(8-14(13)24-2)25(21,22)20-9-3-5-12(16)11(7-9)15(17,18)19/h3-8,20H,1-2H3. The Balaban J connectivity index is 2.40. The van der Waals surface area contributed by atoms with Gasteiger partial charge in [0.1, 0.15) is 5.82 Å². The molecule has 0 spiro atoms. The molecule has 0 aromatic heterocycles. The Labute approximate surface area is 141 Å². The molecule has 0 fully saturated rings. The molecule has 0 bridgehead atoms. The summed E-state index contributed by atoms with van der Waals surface area (Å²) in [5.41, 5.74) is -2.00. The number of ether oxygens (including phenoxy) is 2. The Morgan fingerprint density at radius 3 is 2.16 bits per heavy atom. The third kappa shape index (κ3) is 4.13. The number of anilines is 1. The van der Waals surface area contributed by atoms with Gasteiger partial charge in [-0.25, -0.2) is 12.8 Å². The average molecular weight is 379 g/mol. The average Bonchev–Trinajstić information content (AvgIpc) is 2.54. The summed E-state index contributed by atoms with van der Waals surface area (Å²) in [6.45, 7) is 0. The molecule has 10 heteroatoms. The van der Waals surface area contributed by atoms with Crippen LogP contribution in [-0.2, 0) is 16.2 Å². The lowest BCUT2D eigenvalue weighted by Gasteiger charge is -2.13. The van der Waals surface area contributed by atoms with E-state index in [1.165, 1.54) is 26.4 Å². The number of nitrogens with one attached hydrogen (secondary N) is 1. The van der Waals surface area contributed by atoms with E-state index >= 15 is 0 Å². The van der Waals surface area contributed by atoms with E-state index in [2.05, 4.69) is 0 Å². The second kappa shape index (κ2) is 6.79. The van der Waals surface area contributed by atoms with Crippen molar-refractivity contribution in [3.63, 3.8) is 0 Å². The number of halogens is 4. The van der Waals surface area contributed by atoms with Crippen LogP contribution in [0.3, 0.4) is 0 Å². The van der Waals surface area contributed by atoms with Crippen LogP contribution < -0.4 is 14.2 Å². The van der Waals surface area contributed by atoms with E-state index in [0.717, 1.165) is 12.1 Å². The number of hydrogen-bond acceptors (Lipinski definition) is 4. The molecule has 136 valence electrons. The predicted octanol–water partition coefficient (Wildman–Crippen LogP) is 3.66.